The highest BCUT2D eigenvalue weighted by molar-refractivity contribution is 5.78. The van der Waals surface area contributed by atoms with Crippen LogP contribution >= 0.6 is 0 Å². The molecule has 0 spiro atoms. The Morgan fingerprint density at radius 1 is 1.33 bits per heavy atom. The minimum atomic E-state index is -0.520. The number of ketones is 1. The van der Waals surface area contributed by atoms with Gasteiger partial charge in [0.15, 0.2) is 17.3 Å². The average molecular weight is 212 g/mol. The molecule has 15 heavy (non-hydrogen) atoms. The molecule has 1 aromatic rings. The monoisotopic (exact) mass is 212 g/mol. The van der Waals surface area contributed by atoms with E-state index in [1.165, 1.54) is 27.2 Å². The molecule has 0 amide bonds. The molecule has 0 heterocycles. The van der Waals surface area contributed by atoms with Crippen LogP contribution in [0.2, 0.25) is 0 Å². The Balaban J connectivity index is 3.13. The Morgan fingerprint density at radius 3 is 2.47 bits per heavy atom. The smallest absolute Gasteiger partial charge is 0.196 e. The molecule has 0 aliphatic carbocycles. The Kier molecular flexibility index (Phi) is 3.66. The van der Waals surface area contributed by atoms with Crippen LogP contribution in [0.15, 0.2) is 12.1 Å². The molecule has 3 nitrogen and oxygen atoms in total. The normalized spacial score (nSPS) is 9.87. The SMILES string of the molecule is COc1cc(CC(C)=O)cc(F)c1OC. The lowest BCUT2D eigenvalue weighted by molar-refractivity contribution is -0.116. The lowest BCUT2D eigenvalue weighted by Crippen LogP contribution is -2.00. The van der Waals surface area contributed by atoms with Crippen molar-refractivity contribution in [2.75, 3.05) is 14.2 Å². The summed E-state index contributed by atoms with van der Waals surface area (Å²) in [5.74, 6) is -0.187. The number of halogens is 1. The van der Waals surface area contributed by atoms with Crippen molar-refractivity contribution in [3.63, 3.8) is 0 Å². The molecule has 0 N–H and O–H groups in total. The van der Waals surface area contributed by atoms with Gasteiger partial charge in [0.1, 0.15) is 5.78 Å². The van der Waals surface area contributed by atoms with E-state index in [0.717, 1.165) is 0 Å². The molecule has 0 aromatic heterocycles. The summed E-state index contributed by atoms with van der Waals surface area (Å²) in [5.41, 5.74) is 0.581. The third-order valence-electron chi connectivity index (χ3n) is 1.95. The van der Waals surface area contributed by atoms with Crippen LogP contribution in [-0.4, -0.2) is 20.0 Å². The van der Waals surface area contributed by atoms with Crippen molar-refractivity contribution >= 4 is 5.78 Å². The molecule has 0 saturated heterocycles. The number of carbonyl (C=O) groups excluding carboxylic acids is 1. The minimum Gasteiger partial charge on any atom is -0.493 e. The first kappa shape index (κ1) is 11.5. The first-order valence-electron chi connectivity index (χ1n) is 4.48. The molecule has 4 heteroatoms. The summed E-state index contributed by atoms with van der Waals surface area (Å²) in [6.07, 6.45) is 0.192. The van der Waals surface area contributed by atoms with Gasteiger partial charge in [-0.3, -0.25) is 4.79 Å². The topological polar surface area (TPSA) is 35.5 Å². The van der Waals surface area contributed by atoms with Gasteiger partial charge >= 0.3 is 0 Å². The molecule has 1 aromatic carbocycles. The van der Waals surface area contributed by atoms with Crippen molar-refractivity contribution in [1.82, 2.24) is 0 Å². The predicted octanol–water partition coefficient (Wildman–Crippen LogP) is 1.97. The number of Topliss-reactive ketones (excluding diaryl/α,β-unsaturated/α-hetero) is 1. The summed E-state index contributed by atoms with van der Waals surface area (Å²) in [6, 6.07) is 2.88. The lowest BCUT2D eigenvalue weighted by Gasteiger charge is -2.10. The fourth-order valence-electron chi connectivity index (χ4n) is 1.36. The van der Waals surface area contributed by atoms with Gasteiger partial charge < -0.3 is 9.47 Å². The second kappa shape index (κ2) is 4.77. The second-order valence-corrected chi connectivity index (χ2v) is 3.19. The highest BCUT2D eigenvalue weighted by atomic mass is 19.1. The van der Waals surface area contributed by atoms with E-state index in [1.54, 1.807) is 6.07 Å². The van der Waals surface area contributed by atoms with Gasteiger partial charge in [-0.25, -0.2) is 4.39 Å². The zero-order chi connectivity index (χ0) is 11.4. The Bertz CT molecular complexity index is 374. The molecule has 0 fully saturated rings. The number of methoxy groups -OCH3 is 2. The molecule has 1 rings (SSSR count). The lowest BCUT2D eigenvalue weighted by atomic mass is 10.1. The highest BCUT2D eigenvalue weighted by Crippen LogP contribution is 2.31. The quantitative estimate of drug-likeness (QED) is 0.765. The van der Waals surface area contributed by atoms with E-state index in [2.05, 4.69) is 0 Å². The van der Waals surface area contributed by atoms with E-state index in [0.29, 0.717) is 11.3 Å². The van der Waals surface area contributed by atoms with Crippen molar-refractivity contribution in [3.8, 4) is 11.5 Å². The summed E-state index contributed by atoms with van der Waals surface area (Å²) in [5, 5.41) is 0. The number of ether oxygens (including phenoxy) is 2. The van der Waals surface area contributed by atoms with Gasteiger partial charge in [-0.15, -0.1) is 0 Å². The molecule has 0 radical (unpaired) electrons. The summed E-state index contributed by atoms with van der Waals surface area (Å²) in [6.45, 7) is 1.45. The molecular weight excluding hydrogens is 199 g/mol. The predicted molar refractivity (Wildman–Crippen MR) is 53.9 cm³/mol. The third-order valence-corrected chi connectivity index (χ3v) is 1.95. The molecule has 0 atom stereocenters. The molecule has 0 bridgehead atoms. The van der Waals surface area contributed by atoms with Gasteiger partial charge in [-0.05, 0) is 24.6 Å². The molecule has 0 aliphatic rings. The molecule has 0 aliphatic heterocycles. The molecule has 0 saturated carbocycles. The largest absolute Gasteiger partial charge is 0.493 e. The fourth-order valence-corrected chi connectivity index (χ4v) is 1.36. The maximum Gasteiger partial charge on any atom is 0.196 e. The van der Waals surface area contributed by atoms with Crippen LogP contribution in [0.5, 0.6) is 11.5 Å². The van der Waals surface area contributed by atoms with Gasteiger partial charge in [0, 0.05) is 6.42 Å². The molecule has 82 valence electrons. The van der Waals surface area contributed by atoms with E-state index in [9.17, 15) is 9.18 Å². The average Bonchev–Trinajstić information content (AvgIpc) is 2.15. The Hall–Kier alpha value is -1.58. The Morgan fingerprint density at radius 2 is 2.00 bits per heavy atom. The van der Waals surface area contributed by atoms with E-state index >= 15 is 0 Å². The van der Waals surface area contributed by atoms with Crippen LogP contribution in [0.4, 0.5) is 4.39 Å². The zero-order valence-corrected chi connectivity index (χ0v) is 8.96. The molecule has 0 unspecified atom stereocenters. The van der Waals surface area contributed by atoms with Crippen LogP contribution in [-0.2, 0) is 11.2 Å². The number of benzene rings is 1. The van der Waals surface area contributed by atoms with Crippen LogP contribution in [0, 0.1) is 5.82 Å². The number of rotatable bonds is 4. The van der Waals surface area contributed by atoms with Crippen molar-refractivity contribution in [2.45, 2.75) is 13.3 Å². The van der Waals surface area contributed by atoms with Crippen molar-refractivity contribution in [2.24, 2.45) is 0 Å². The van der Waals surface area contributed by atoms with E-state index < -0.39 is 5.82 Å². The van der Waals surface area contributed by atoms with Crippen LogP contribution in [0.3, 0.4) is 0 Å². The van der Waals surface area contributed by atoms with E-state index in [-0.39, 0.29) is 18.0 Å². The molecular formula is C11H13FO3. The summed E-state index contributed by atoms with van der Waals surface area (Å²) in [7, 11) is 2.79. The third kappa shape index (κ3) is 2.68. The van der Waals surface area contributed by atoms with Crippen LogP contribution in [0.25, 0.3) is 0 Å². The number of carbonyl (C=O) groups is 1. The summed E-state index contributed by atoms with van der Waals surface area (Å²) >= 11 is 0. The van der Waals surface area contributed by atoms with Crippen molar-refractivity contribution < 1.29 is 18.7 Å². The zero-order valence-electron chi connectivity index (χ0n) is 8.96. The number of hydrogen-bond acceptors (Lipinski definition) is 3. The number of hydrogen-bond donors (Lipinski definition) is 0. The summed E-state index contributed by atoms with van der Waals surface area (Å²) in [4.78, 5) is 10.9. The van der Waals surface area contributed by atoms with Crippen molar-refractivity contribution in [1.29, 1.82) is 0 Å². The minimum absolute atomic E-state index is 0.0263. The van der Waals surface area contributed by atoms with Crippen LogP contribution < -0.4 is 9.47 Å². The summed E-state index contributed by atoms with van der Waals surface area (Å²) < 4.78 is 23.2. The first-order chi connectivity index (χ1) is 7.08. The second-order valence-electron chi connectivity index (χ2n) is 3.19. The standard InChI is InChI=1S/C11H13FO3/c1-7(13)4-8-5-9(12)11(15-3)10(6-8)14-2/h5-6H,4H2,1-3H3. The Labute approximate surface area is 87.8 Å². The van der Waals surface area contributed by atoms with Crippen LogP contribution in [0.1, 0.15) is 12.5 Å². The van der Waals surface area contributed by atoms with E-state index in [1.807, 2.05) is 0 Å². The van der Waals surface area contributed by atoms with Gasteiger partial charge in [0.25, 0.3) is 0 Å². The van der Waals surface area contributed by atoms with Gasteiger partial charge in [-0.1, -0.05) is 0 Å². The van der Waals surface area contributed by atoms with Crippen molar-refractivity contribution in [3.05, 3.63) is 23.5 Å². The fraction of sp³-hybridized carbons (Fsp3) is 0.364. The van der Waals surface area contributed by atoms with Gasteiger partial charge in [0.05, 0.1) is 14.2 Å². The maximum absolute atomic E-state index is 13.4. The van der Waals surface area contributed by atoms with Gasteiger partial charge in [-0.2, -0.15) is 0 Å². The maximum atomic E-state index is 13.4. The highest BCUT2D eigenvalue weighted by Gasteiger charge is 2.12. The van der Waals surface area contributed by atoms with E-state index in [4.69, 9.17) is 9.47 Å². The van der Waals surface area contributed by atoms with Gasteiger partial charge in [0.2, 0.25) is 0 Å². The first-order valence-corrected chi connectivity index (χ1v) is 4.48.